The van der Waals surface area contributed by atoms with E-state index in [4.69, 9.17) is 14.2 Å². The third kappa shape index (κ3) is 3.51. The number of hydrogen-bond acceptors (Lipinski definition) is 5. The van der Waals surface area contributed by atoms with E-state index in [-0.39, 0.29) is 18.2 Å². The lowest BCUT2D eigenvalue weighted by molar-refractivity contribution is -0.232. The van der Waals surface area contributed by atoms with Crippen molar-refractivity contribution in [3.8, 4) is 0 Å². The summed E-state index contributed by atoms with van der Waals surface area (Å²) in [7, 11) is 1.46. The Labute approximate surface area is 101 Å². The molecule has 0 aromatic heterocycles. The van der Waals surface area contributed by atoms with Crippen LogP contribution in [0.3, 0.4) is 0 Å². The van der Waals surface area contributed by atoms with Crippen molar-refractivity contribution in [2.45, 2.75) is 52.6 Å². The number of hydrogen-bond donors (Lipinski definition) is 0. The van der Waals surface area contributed by atoms with E-state index in [1.165, 1.54) is 7.11 Å². The molecule has 0 bridgehead atoms. The lowest BCUT2D eigenvalue weighted by Crippen LogP contribution is -2.47. The summed E-state index contributed by atoms with van der Waals surface area (Å²) in [5.41, 5.74) is -0.607. The molecule has 0 N–H and O–H groups in total. The highest BCUT2D eigenvalue weighted by Crippen LogP contribution is 2.24. The summed E-state index contributed by atoms with van der Waals surface area (Å²) in [6.45, 7) is 6.93. The predicted octanol–water partition coefficient (Wildman–Crippen LogP) is 1.29. The van der Waals surface area contributed by atoms with Gasteiger partial charge in [-0.05, 0) is 27.7 Å². The highest BCUT2D eigenvalue weighted by atomic mass is 16.7. The second-order valence-corrected chi connectivity index (χ2v) is 5.25. The van der Waals surface area contributed by atoms with Crippen LogP contribution in [0.1, 0.15) is 34.1 Å². The first-order valence-corrected chi connectivity index (χ1v) is 5.67. The average Bonchev–Trinajstić information content (AvgIpc) is 2.21. The first kappa shape index (κ1) is 14.1. The topological polar surface area (TPSA) is 61.8 Å². The van der Waals surface area contributed by atoms with Crippen molar-refractivity contribution < 1.29 is 23.8 Å². The molecule has 1 aliphatic heterocycles. The minimum atomic E-state index is -0.672. The van der Waals surface area contributed by atoms with Crippen molar-refractivity contribution >= 4 is 11.8 Å². The van der Waals surface area contributed by atoms with Crippen molar-refractivity contribution in [3.05, 3.63) is 0 Å². The van der Waals surface area contributed by atoms with Gasteiger partial charge >= 0.3 is 5.97 Å². The number of carbonyl (C=O) groups excluding carboxylic acids is 2. The average molecular weight is 244 g/mol. The van der Waals surface area contributed by atoms with E-state index in [9.17, 15) is 9.59 Å². The van der Waals surface area contributed by atoms with Crippen LogP contribution in [0.4, 0.5) is 0 Å². The number of esters is 1. The molecule has 17 heavy (non-hydrogen) atoms. The van der Waals surface area contributed by atoms with Gasteiger partial charge in [-0.3, -0.25) is 9.59 Å². The van der Waals surface area contributed by atoms with Crippen molar-refractivity contribution in [2.75, 3.05) is 7.11 Å². The lowest BCUT2D eigenvalue weighted by atomic mass is 9.97. The molecule has 3 atom stereocenters. The Morgan fingerprint density at radius 2 is 2.00 bits per heavy atom. The maximum atomic E-state index is 11.7. The fraction of sp³-hybridized carbons (Fsp3) is 0.833. The largest absolute Gasteiger partial charge is 0.456 e. The third-order valence-electron chi connectivity index (χ3n) is 2.60. The van der Waals surface area contributed by atoms with Crippen LogP contribution in [0.15, 0.2) is 0 Å². The zero-order chi connectivity index (χ0) is 13.2. The van der Waals surface area contributed by atoms with E-state index in [1.807, 2.05) is 0 Å². The van der Waals surface area contributed by atoms with Gasteiger partial charge in [-0.1, -0.05) is 0 Å². The highest BCUT2D eigenvalue weighted by molar-refractivity contribution is 5.84. The van der Waals surface area contributed by atoms with Gasteiger partial charge in [0.15, 0.2) is 18.2 Å². The Kier molecular flexibility index (Phi) is 4.27. The lowest BCUT2D eigenvalue weighted by Gasteiger charge is -2.34. The van der Waals surface area contributed by atoms with E-state index in [0.29, 0.717) is 0 Å². The van der Waals surface area contributed by atoms with Gasteiger partial charge in [0, 0.05) is 7.11 Å². The monoisotopic (exact) mass is 244 g/mol. The summed E-state index contributed by atoms with van der Waals surface area (Å²) in [6.07, 6.45) is -1.70. The highest BCUT2D eigenvalue weighted by Gasteiger charge is 2.39. The molecular weight excluding hydrogens is 224 g/mol. The second-order valence-electron chi connectivity index (χ2n) is 5.25. The summed E-state index contributed by atoms with van der Waals surface area (Å²) in [6, 6.07) is 0. The van der Waals surface area contributed by atoms with Crippen LogP contribution in [0.5, 0.6) is 0 Å². The van der Waals surface area contributed by atoms with Gasteiger partial charge in [0.05, 0.1) is 11.8 Å². The summed E-state index contributed by atoms with van der Waals surface area (Å²) in [5, 5.41) is 0. The van der Waals surface area contributed by atoms with Gasteiger partial charge in [-0.15, -0.1) is 0 Å². The Morgan fingerprint density at radius 3 is 2.47 bits per heavy atom. The van der Waals surface area contributed by atoms with E-state index in [2.05, 4.69) is 0 Å². The van der Waals surface area contributed by atoms with Gasteiger partial charge in [0.1, 0.15) is 6.10 Å². The molecule has 1 aliphatic rings. The number of carbonyl (C=O) groups is 2. The molecule has 0 amide bonds. The van der Waals surface area contributed by atoms with Crippen LogP contribution >= 0.6 is 0 Å². The molecule has 1 rings (SSSR count). The molecule has 1 fully saturated rings. The van der Waals surface area contributed by atoms with Crippen molar-refractivity contribution in [2.24, 2.45) is 5.41 Å². The van der Waals surface area contributed by atoms with Crippen LogP contribution in [-0.4, -0.2) is 37.4 Å². The van der Waals surface area contributed by atoms with Gasteiger partial charge < -0.3 is 14.2 Å². The molecule has 1 heterocycles. The molecule has 5 heteroatoms. The van der Waals surface area contributed by atoms with Crippen molar-refractivity contribution in [3.63, 3.8) is 0 Å². The van der Waals surface area contributed by atoms with E-state index in [0.717, 1.165) is 0 Å². The zero-order valence-electron chi connectivity index (χ0n) is 11.0. The maximum absolute atomic E-state index is 11.7. The fourth-order valence-electron chi connectivity index (χ4n) is 1.44. The molecule has 0 unspecified atom stereocenters. The number of methoxy groups -OCH3 is 1. The van der Waals surface area contributed by atoms with E-state index >= 15 is 0 Å². The zero-order valence-corrected chi connectivity index (χ0v) is 11.0. The summed E-state index contributed by atoms with van der Waals surface area (Å²) < 4.78 is 15.7. The SMILES string of the molecule is CO[C@H]1O[C@H](C)C(=O)C[C@H]1OC(=O)C(C)(C)C. The minimum absolute atomic E-state index is 0.0787. The molecule has 0 aromatic rings. The van der Waals surface area contributed by atoms with Gasteiger partial charge in [0.25, 0.3) is 0 Å². The second kappa shape index (κ2) is 5.14. The molecule has 0 radical (unpaired) electrons. The predicted molar refractivity (Wildman–Crippen MR) is 60.3 cm³/mol. The molecular formula is C12H20O5. The Morgan fingerprint density at radius 1 is 1.41 bits per heavy atom. The maximum Gasteiger partial charge on any atom is 0.311 e. The Hall–Kier alpha value is -0.940. The molecule has 0 aliphatic carbocycles. The van der Waals surface area contributed by atoms with Crippen LogP contribution < -0.4 is 0 Å². The van der Waals surface area contributed by atoms with E-state index in [1.54, 1.807) is 27.7 Å². The Balaban J connectivity index is 2.68. The van der Waals surface area contributed by atoms with Crippen LogP contribution in [0.25, 0.3) is 0 Å². The number of ether oxygens (including phenoxy) is 3. The first-order valence-electron chi connectivity index (χ1n) is 5.67. The summed E-state index contributed by atoms with van der Waals surface area (Å²) in [5.74, 6) is -0.444. The van der Waals surface area contributed by atoms with Gasteiger partial charge in [-0.2, -0.15) is 0 Å². The molecule has 0 aromatic carbocycles. The first-order chi connectivity index (χ1) is 7.75. The van der Waals surface area contributed by atoms with Gasteiger partial charge in [0.2, 0.25) is 0 Å². The molecule has 5 nitrogen and oxygen atoms in total. The van der Waals surface area contributed by atoms with Crippen LogP contribution in [0.2, 0.25) is 0 Å². The Bertz CT molecular complexity index is 305. The number of Topliss-reactive ketones (excluding diaryl/α,β-unsaturated/α-hetero) is 1. The van der Waals surface area contributed by atoms with Crippen molar-refractivity contribution in [1.29, 1.82) is 0 Å². The van der Waals surface area contributed by atoms with Crippen LogP contribution in [0, 0.1) is 5.41 Å². The minimum Gasteiger partial charge on any atom is -0.456 e. The summed E-state index contributed by atoms with van der Waals surface area (Å²) in [4.78, 5) is 23.3. The number of rotatable bonds is 2. The van der Waals surface area contributed by atoms with Crippen LogP contribution in [-0.2, 0) is 23.8 Å². The molecule has 0 spiro atoms. The normalized spacial score (nSPS) is 30.2. The molecule has 1 saturated heterocycles. The smallest absolute Gasteiger partial charge is 0.311 e. The number of ketones is 1. The standard InChI is InChI=1S/C12H20O5/c1-7-8(13)6-9(10(15-5)16-7)17-11(14)12(2,3)4/h7,9-10H,6H2,1-5H3/t7-,9-,10+/m1/s1. The third-order valence-corrected chi connectivity index (χ3v) is 2.60. The molecule has 0 saturated carbocycles. The van der Waals surface area contributed by atoms with Gasteiger partial charge in [-0.25, -0.2) is 0 Å². The fourth-order valence-corrected chi connectivity index (χ4v) is 1.44. The van der Waals surface area contributed by atoms with E-state index < -0.39 is 23.9 Å². The summed E-state index contributed by atoms with van der Waals surface area (Å²) >= 11 is 0. The van der Waals surface area contributed by atoms with Crippen molar-refractivity contribution in [1.82, 2.24) is 0 Å². The molecule has 98 valence electrons. The quantitative estimate of drug-likeness (QED) is 0.685.